The summed E-state index contributed by atoms with van der Waals surface area (Å²) in [4.78, 5) is 2.46. The van der Waals surface area contributed by atoms with Crippen LogP contribution < -0.4 is 10.6 Å². The lowest BCUT2D eigenvalue weighted by atomic mass is 10.0. The van der Waals surface area contributed by atoms with Crippen LogP contribution in [0, 0.1) is 0 Å². The molecule has 0 heterocycles. The Morgan fingerprint density at radius 3 is 2.80 bits per heavy atom. The van der Waals surface area contributed by atoms with Gasteiger partial charge in [0, 0.05) is 36.4 Å². The van der Waals surface area contributed by atoms with Gasteiger partial charge in [0.2, 0.25) is 0 Å². The zero-order valence-electron chi connectivity index (χ0n) is 12.4. The normalized spacial score (nSPS) is 16.2. The van der Waals surface area contributed by atoms with Crippen molar-refractivity contribution in [3.8, 4) is 0 Å². The zero-order chi connectivity index (χ0) is 14.5. The number of hydrogen-bond acceptors (Lipinski definition) is 3. The van der Waals surface area contributed by atoms with Gasteiger partial charge in [-0.1, -0.05) is 18.5 Å². The highest BCUT2D eigenvalue weighted by molar-refractivity contribution is 6.30. The second kappa shape index (κ2) is 7.30. The molecule has 20 heavy (non-hydrogen) atoms. The van der Waals surface area contributed by atoms with Gasteiger partial charge in [-0.2, -0.15) is 0 Å². The molecule has 1 atom stereocenters. The summed E-state index contributed by atoms with van der Waals surface area (Å²) in [6.07, 6.45) is 4.40. The van der Waals surface area contributed by atoms with Gasteiger partial charge < -0.3 is 15.4 Å². The number of nitrogens with zero attached hydrogens (tertiary/aromatic N) is 1. The number of rotatable bonds is 8. The van der Waals surface area contributed by atoms with Gasteiger partial charge in [0.1, 0.15) is 0 Å². The molecule has 1 aliphatic rings. The third kappa shape index (κ3) is 4.11. The largest absolute Gasteiger partial charge is 0.383 e. The molecular formula is C16H25ClN2O. The first-order chi connectivity index (χ1) is 9.65. The number of anilines is 1. The molecule has 3 nitrogen and oxygen atoms in total. The van der Waals surface area contributed by atoms with Gasteiger partial charge in [0.15, 0.2) is 0 Å². The Morgan fingerprint density at radius 1 is 1.45 bits per heavy atom. The van der Waals surface area contributed by atoms with Gasteiger partial charge in [0.05, 0.1) is 6.61 Å². The first kappa shape index (κ1) is 15.6. The Kier molecular flexibility index (Phi) is 5.70. The molecule has 0 bridgehead atoms. The van der Waals surface area contributed by atoms with Crippen LogP contribution in [0.5, 0.6) is 0 Å². The third-order valence-electron chi connectivity index (χ3n) is 3.88. The topological polar surface area (TPSA) is 38.5 Å². The molecule has 0 saturated heterocycles. The van der Waals surface area contributed by atoms with E-state index in [1.807, 2.05) is 6.07 Å². The Balaban J connectivity index is 2.22. The van der Waals surface area contributed by atoms with Crippen LogP contribution in [-0.2, 0) is 11.2 Å². The van der Waals surface area contributed by atoms with Crippen LogP contribution in [-0.4, -0.2) is 32.3 Å². The van der Waals surface area contributed by atoms with Gasteiger partial charge in [0.25, 0.3) is 0 Å². The standard InChI is InChI=1S/C16H25ClN2O/c1-3-14(18)11-12-10-13(17)4-7-16(12)19(8-9-20-2)15-5-6-15/h4,7,10,14-15H,3,5-6,8-9,11,18H2,1-2H3. The van der Waals surface area contributed by atoms with E-state index in [1.54, 1.807) is 7.11 Å². The maximum atomic E-state index is 6.16. The minimum absolute atomic E-state index is 0.190. The minimum Gasteiger partial charge on any atom is -0.383 e. The van der Waals surface area contributed by atoms with Gasteiger partial charge in [-0.25, -0.2) is 0 Å². The van der Waals surface area contributed by atoms with Crippen molar-refractivity contribution in [2.45, 2.75) is 44.7 Å². The number of hydrogen-bond donors (Lipinski definition) is 1. The lowest BCUT2D eigenvalue weighted by Crippen LogP contribution is -2.31. The number of methoxy groups -OCH3 is 1. The highest BCUT2D eigenvalue weighted by Crippen LogP contribution is 2.35. The smallest absolute Gasteiger partial charge is 0.0637 e. The summed E-state index contributed by atoms with van der Waals surface area (Å²) in [5.74, 6) is 0. The maximum Gasteiger partial charge on any atom is 0.0637 e. The minimum atomic E-state index is 0.190. The highest BCUT2D eigenvalue weighted by atomic mass is 35.5. The third-order valence-corrected chi connectivity index (χ3v) is 4.12. The van der Waals surface area contributed by atoms with Gasteiger partial charge >= 0.3 is 0 Å². The van der Waals surface area contributed by atoms with Crippen molar-refractivity contribution in [3.63, 3.8) is 0 Å². The Hall–Kier alpha value is -0.770. The van der Waals surface area contributed by atoms with E-state index in [1.165, 1.54) is 24.1 Å². The molecule has 1 saturated carbocycles. The van der Waals surface area contributed by atoms with Crippen LogP contribution in [0.1, 0.15) is 31.7 Å². The van der Waals surface area contributed by atoms with Crippen LogP contribution in [0.15, 0.2) is 18.2 Å². The van der Waals surface area contributed by atoms with Crippen LogP contribution in [0.3, 0.4) is 0 Å². The van der Waals surface area contributed by atoms with Crippen molar-refractivity contribution in [1.29, 1.82) is 0 Å². The van der Waals surface area contributed by atoms with Crippen molar-refractivity contribution < 1.29 is 4.74 Å². The van der Waals surface area contributed by atoms with Crippen molar-refractivity contribution in [2.75, 3.05) is 25.2 Å². The van der Waals surface area contributed by atoms with Gasteiger partial charge in [-0.15, -0.1) is 0 Å². The van der Waals surface area contributed by atoms with Gasteiger partial charge in [-0.05, 0) is 49.4 Å². The predicted octanol–water partition coefficient (Wildman–Crippen LogP) is 3.24. The summed E-state index contributed by atoms with van der Waals surface area (Å²) >= 11 is 6.16. The Bertz CT molecular complexity index is 434. The molecule has 1 unspecified atom stereocenters. The van der Waals surface area contributed by atoms with E-state index in [0.717, 1.165) is 31.0 Å². The molecule has 1 aliphatic carbocycles. The van der Waals surface area contributed by atoms with Crippen LogP contribution in [0.4, 0.5) is 5.69 Å². The molecule has 112 valence electrons. The summed E-state index contributed by atoms with van der Waals surface area (Å²) in [6, 6.07) is 7.02. The number of nitrogens with two attached hydrogens (primary N) is 1. The SMILES string of the molecule is CCC(N)Cc1cc(Cl)ccc1N(CCOC)C1CC1. The maximum absolute atomic E-state index is 6.16. The molecule has 0 radical (unpaired) electrons. The molecule has 0 amide bonds. The molecular weight excluding hydrogens is 272 g/mol. The predicted molar refractivity (Wildman–Crippen MR) is 85.7 cm³/mol. The quantitative estimate of drug-likeness (QED) is 0.800. The monoisotopic (exact) mass is 296 g/mol. The molecule has 0 aromatic heterocycles. The fourth-order valence-corrected chi connectivity index (χ4v) is 2.69. The molecule has 0 aliphatic heterocycles. The van der Waals surface area contributed by atoms with E-state index < -0.39 is 0 Å². The van der Waals surface area contributed by atoms with E-state index in [2.05, 4.69) is 24.0 Å². The van der Waals surface area contributed by atoms with Crippen molar-refractivity contribution in [3.05, 3.63) is 28.8 Å². The van der Waals surface area contributed by atoms with E-state index in [-0.39, 0.29) is 6.04 Å². The van der Waals surface area contributed by atoms with Crippen LogP contribution in [0.2, 0.25) is 5.02 Å². The van der Waals surface area contributed by atoms with Crippen molar-refractivity contribution in [2.24, 2.45) is 5.73 Å². The zero-order valence-corrected chi connectivity index (χ0v) is 13.2. The molecule has 0 spiro atoms. The van der Waals surface area contributed by atoms with E-state index in [0.29, 0.717) is 6.04 Å². The molecule has 1 aromatic rings. The summed E-state index contributed by atoms with van der Waals surface area (Å²) < 4.78 is 5.25. The summed E-state index contributed by atoms with van der Waals surface area (Å²) in [5.41, 5.74) is 8.66. The second-order valence-electron chi connectivity index (χ2n) is 5.56. The van der Waals surface area contributed by atoms with E-state index in [9.17, 15) is 0 Å². The summed E-state index contributed by atoms with van der Waals surface area (Å²) in [7, 11) is 1.75. The molecule has 4 heteroatoms. The number of benzene rings is 1. The molecule has 1 aromatic carbocycles. The fourth-order valence-electron chi connectivity index (χ4n) is 2.50. The molecule has 1 fully saturated rings. The fraction of sp³-hybridized carbons (Fsp3) is 0.625. The number of halogens is 1. The number of ether oxygens (including phenoxy) is 1. The highest BCUT2D eigenvalue weighted by Gasteiger charge is 2.30. The second-order valence-corrected chi connectivity index (χ2v) is 6.00. The lowest BCUT2D eigenvalue weighted by Gasteiger charge is -2.28. The Labute approximate surface area is 127 Å². The van der Waals surface area contributed by atoms with Crippen molar-refractivity contribution in [1.82, 2.24) is 0 Å². The van der Waals surface area contributed by atoms with Crippen LogP contribution in [0.25, 0.3) is 0 Å². The van der Waals surface area contributed by atoms with Crippen molar-refractivity contribution >= 4 is 17.3 Å². The summed E-state index contributed by atoms with van der Waals surface area (Å²) in [5, 5.41) is 0.787. The summed E-state index contributed by atoms with van der Waals surface area (Å²) in [6.45, 7) is 3.80. The molecule has 2 N–H and O–H groups in total. The lowest BCUT2D eigenvalue weighted by molar-refractivity contribution is 0.205. The Morgan fingerprint density at radius 2 is 2.20 bits per heavy atom. The average Bonchev–Trinajstić information content (AvgIpc) is 3.25. The molecule has 2 rings (SSSR count). The first-order valence-corrected chi connectivity index (χ1v) is 7.83. The van der Waals surface area contributed by atoms with Crippen LogP contribution >= 0.6 is 11.6 Å². The van der Waals surface area contributed by atoms with E-state index in [4.69, 9.17) is 22.1 Å². The van der Waals surface area contributed by atoms with Gasteiger partial charge in [-0.3, -0.25) is 0 Å². The first-order valence-electron chi connectivity index (χ1n) is 7.45. The average molecular weight is 297 g/mol. The van der Waals surface area contributed by atoms with E-state index >= 15 is 0 Å².